The van der Waals surface area contributed by atoms with Crippen LogP contribution in [0.15, 0.2) is 5.38 Å². The maximum absolute atomic E-state index is 12.0. The third-order valence-electron chi connectivity index (χ3n) is 3.09. The Bertz CT molecular complexity index is 472. The zero-order valence-corrected chi connectivity index (χ0v) is 12.1. The van der Waals surface area contributed by atoms with Crippen molar-refractivity contribution in [1.82, 2.24) is 15.2 Å². The van der Waals surface area contributed by atoms with Crippen molar-refractivity contribution in [3.05, 3.63) is 16.1 Å². The molecular formula is C13H19N3O2S. The lowest BCUT2D eigenvalue weighted by atomic mass is 10.2. The van der Waals surface area contributed by atoms with Crippen LogP contribution < -0.4 is 5.32 Å². The third kappa shape index (κ3) is 3.39. The first-order chi connectivity index (χ1) is 9.11. The standard InChI is InChI=1S/C13H19N3O2S/c1-3-6-16-12(17)7-10(13(16)18)14-5-4-11-15-9(2)8-19-11/h8,10,14H,3-7H2,1-2H3. The Morgan fingerprint density at radius 3 is 2.95 bits per heavy atom. The first-order valence-corrected chi connectivity index (χ1v) is 7.48. The van der Waals surface area contributed by atoms with E-state index in [1.54, 1.807) is 11.3 Å². The van der Waals surface area contributed by atoms with Gasteiger partial charge in [0.1, 0.15) is 0 Å². The van der Waals surface area contributed by atoms with E-state index in [1.165, 1.54) is 4.90 Å². The molecule has 2 amide bonds. The lowest BCUT2D eigenvalue weighted by Gasteiger charge is -2.14. The van der Waals surface area contributed by atoms with Gasteiger partial charge in [0.15, 0.2) is 0 Å². The minimum absolute atomic E-state index is 0.0607. The van der Waals surface area contributed by atoms with Crippen molar-refractivity contribution in [1.29, 1.82) is 0 Å². The number of thiazole rings is 1. The first kappa shape index (κ1) is 14.1. The quantitative estimate of drug-likeness (QED) is 0.794. The molecule has 2 rings (SSSR count). The summed E-state index contributed by atoms with van der Waals surface area (Å²) in [5, 5.41) is 6.24. The van der Waals surface area contributed by atoms with Crippen LogP contribution in [0.5, 0.6) is 0 Å². The Hall–Kier alpha value is -1.27. The SMILES string of the molecule is CCCN1C(=O)CC(NCCc2nc(C)cs2)C1=O. The van der Waals surface area contributed by atoms with Gasteiger partial charge in [0.25, 0.3) is 0 Å². The van der Waals surface area contributed by atoms with Gasteiger partial charge in [-0.1, -0.05) is 6.92 Å². The monoisotopic (exact) mass is 281 g/mol. The van der Waals surface area contributed by atoms with Crippen LogP contribution in [0.3, 0.4) is 0 Å². The van der Waals surface area contributed by atoms with E-state index in [1.807, 2.05) is 19.2 Å². The van der Waals surface area contributed by atoms with Crippen LogP contribution in [0, 0.1) is 6.92 Å². The molecule has 1 aliphatic rings. The van der Waals surface area contributed by atoms with Crippen LogP contribution in [0.25, 0.3) is 0 Å². The fourth-order valence-electron chi connectivity index (χ4n) is 2.17. The highest BCUT2D eigenvalue weighted by Gasteiger charge is 2.37. The van der Waals surface area contributed by atoms with E-state index in [0.717, 1.165) is 23.5 Å². The van der Waals surface area contributed by atoms with Crippen molar-refractivity contribution >= 4 is 23.2 Å². The largest absolute Gasteiger partial charge is 0.305 e. The number of likely N-dealkylation sites (tertiary alicyclic amines) is 1. The maximum Gasteiger partial charge on any atom is 0.246 e. The molecule has 1 aromatic rings. The normalized spacial score (nSPS) is 19.5. The van der Waals surface area contributed by atoms with Crippen molar-refractivity contribution in [3.8, 4) is 0 Å². The minimum Gasteiger partial charge on any atom is -0.305 e. The Balaban J connectivity index is 1.80. The summed E-state index contributed by atoms with van der Waals surface area (Å²) >= 11 is 1.63. The Morgan fingerprint density at radius 1 is 1.53 bits per heavy atom. The highest BCUT2D eigenvalue weighted by atomic mass is 32.1. The summed E-state index contributed by atoms with van der Waals surface area (Å²) in [4.78, 5) is 29.4. The lowest BCUT2D eigenvalue weighted by Crippen LogP contribution is -2.39. The van der Waals surface area contributed by atoms with Crippen LogP contribution in [0.2, 0.25) is 0 Å². The van der Waals surface area contributed by atoms with Gasteiger partial charge in [-0.3, -0.25) is 14.5 Å². The molecule has 1 atom stereocenters. The summed E-state index contributed by atoms with van der Waals surface area (Å²) in [6, 6.07) is -0.347. The van der Waals surface area contributed by atoms with Crippen LogP contribution in [-0.2, 0) is 16.0 Å². The summed E-state index contributed by atoms with van der Waals surface area (Å²) < 4.78 is 0. The molecule has 0 saturated carbocycles. The summed E-state index contributed by atoms with van der Waals surface area (Å²) in [5.74, 6) is -0.142. The number of amides is 2. The van der Waals surface area contributed by atoms with Gasteiger partial charge >= 0.3 is 0 Å². The number of carbonyl (C=O) groups is 2. The van der Waals surface area contributed by atoms with Gasteiger partial charge in [-0.15, -0.1) is 11.3 Å². The molecule has 2 heterocycles. The zero-order chi connectivity index (χ0) is 13.8. The van der Waals surface area contributed by atoms with Crippen molar-refractivity contribution < 1.29 is 9.59 Å². The molecule has 19 heavy (non-hydrogen) atoms. The Labute approximate surface area is 117 Å². The molecule has 0 aliphatic carbocycles. The molecule has 1 saturated heterocycles. The molecule has 1 N–H and O–H groups in total. The molecule has 0 radical (unpaired) electrons. The number of aromatic nitrogens is 1. The van der Waals surface area contributed by atoms with Crippen LogP contribution in [0.1, 0.15) is 30.5 Å². The minimum atomic E-state index is -0.347. The number of hydrogen-bond donors (Lipinski definition) is 1. The summed E-state index contributed by atoms with van der Waals surface area (Å²) in [6.45, 7) is 5.14. The second kappa shape index (κ2) is 6.25. The van der Waals surface area contributed by atoms with Gasteiger partial charge < -0.3 is 5.32 Å². The van der Waals surface area contributed by atoms with Crippen LogP contribution >= 0.6 is 11.3 Å². The predicted octanol–water partition coefficient (Wildman–Crippen LogP) is 1.12. The number of hydrogen-bond acceptors (Lipinski definition) is 5. The highest BCUT2D eigenvalue weighted by Crippen LogP contribution is 2.14. The van der Waals surface area contributed by atoms with Crippen molar-refractivity contribution in [2.75, 3.05) is 13.1 Å². The molecule has 6 heteroatoms. The molecule has 104 valence electrons. The molecule has 0 aromatic carbocycles. The van der Waals surface area contributed by atoms with E-state index in [2.05, 4.69) is 10.3 Å². The molecule has 1 aromatic heterocycles. The van der Waals surface area contributed by atoms with E-state index in [9.17, 15) is 9.59 Å². The maximum atomic E-state index is 12.0. The predicted molar refractivity (Wildman–Crippen MR) is 74.0 cm³/mol. The highest BCUT2D eigenvalue weighted by molar-refractivity contribution is 7.09. The van der Waals surface area contributed by atoms with Gasteiger partial charge in [-0.25, -0.2) is 4.98 Å². The fourth-order valence-corrected chi connectivity index (χ4v) is 2.95. The number of imide groups is 1. The average Bonchev–Trinajstić information content (AvgIpc) is 2.89. The second-order valence-electron chi connectivity index (χ2n) is 4.73. The van der Waals surface area contributed by atoms with Gasteiger partial charge in [0.05, 0.1) is 17.5 Å². The molecule has 0 spiro atoms. The number of aryl methyl sites for hydroxylation is 1. The summed E-state index contributed by atoms with van der Waals surface area (Å²) in [6.07, 6.45) is 1.89. The Kier molecular flexibility index (Phi) is 4.66. The Morgan fingerprint density at radius 2 is 2.32 bits per heavy atom. The average molecular weight is 281 g/mol. The smallest absolute Gasteiger partial charge is 0.246 e. The van der Waals surface area contributed by atoms with Crippen molar-refractivity contribution in [3.63, 3.8) is 0 Å². The van der Waals surface area contributed by atoms with Crippen molar-refractivity contribution in [2.45, 2.75) is 39.2 Å². The summed E-state index contributed by atoms with van der Waals surface area (Å²) in [5.41, 5.74) is 1.03. The van der Waals surface area contributed by atoms with Gasteiger partial charge in [0, 0.05) is 30.6 Å². The molecular weight excluding hydrogens is 262 g/mol. The van der Waals surface area contributed by atoms with Crippen LogP contribution in [0.4, 0.5) is 0 Å². The number of nitrogens with one attached hydrogen (secondary N) is 1. The first-order valence-electron chi connectivity index (χ1n) is 6.60. The zero-order valence-electron chi connectivity index (χ0n) is 11.3. The number of nitrogens with zero attached hydrogens (tertiary/aromatic N) is 2. The van der Waals surface area contributed by atoms with E-state index in [4.69, 9.17) is 0 Å². The van der Waals surface area contributed by atoms with E-state index >= 15 is 0 Å². The van der Waals surface area contributed by atoms with Gasteiger partial charge in [-0.2, -0.15) is 0 Å². The molecule has 5 nitrogen and oxygen atoms in total. The fraction of sp³-hybridized carbons (Fsp3) is 0.615. The third-order valence-corrected chi connectivity index (χ3v) is 4.11. The van der Waals surface area contributed by atoms with Crippen molar-refractivity contribution in [2.24, 2.45) is 0 Å². The summed E-state index contributed by atoms with van der Waals surface area (Å²) in [7, 11) is 0. The second-order valence-corrected chi connectivity index (χ2v) is 5.67. The number of rotatable bonds is 6. The van der Waals surface area contributed by atoms with E-state index in [0.29, 0.717) is 13.1 Å². The van der Waals surface area contributed by atoms with Crippen LogP contribution in [-0.4, -0.2) is 40.8 Å². The van der Waals surface area contributed by atoms with Gasteiger partial charge in [0.2, 0.25) is 11.8 Å². The molecule has 1 unspecified atom stereocenters. The molecule has 1 aliphatic heterocycles. The lowest BCUT2D eigenvalue weighted by molar-refractivity contribution is -0.138. The number of carbonyl (C=O) groups excluding carboxylic acids is 2. The van der Waals surface area contributed by atoms with E-state index in [-0.39, 0.29) is 24.3 Å². The topological polar surface area (TPSA) is 62.3 Å². The molecule has 0 bridgehead atoms. The van der Waals surface area contributed by atoms with Gasteiger partial charge in [-0.05, 0) is 13.3 Å². The van der Waals surface area contributed by atoms with E-state index < -0.39 is 0 Å². The molecule has 1 fully saturated rings.